The van der Waals surface area contributed by atoms with Crippen molar-refractivity contribution in [1.29, 1.82) is 0 Å². The molecule has 0 aromatic carbocycles. The minimum Gasteiger partial charge on any atom is -0.481 e. The predicted molar refractivity (Wildman–Crippen MR) is 85.6 cm³/mol. The molecule has 1 fully saturated rings. The number of methoxy groups -OCH3 is 1. The summed E-state index contributed by atoms with van der Waals surface area (Å²) in [4.78, 5) is 8.53. The maximum Gasteiger partial charge on any atom is 0.216 e. The van der Waals surface area contributed by atoms with E-state index in [1.807, 2.05) is 6.07 Å². The second kappa shape index (κ2) is 7.74. The van der Waals surface area contributed by atoms with E-state index in [4.69, 9.17) is 4.74 Å². The molecule has 2 rings (SSSR count). The van der Waals surface area contributed by atoms with Gasteiger partial charge in [0.25, 0.3) is 0 Å². The van der Waals surface area contributed by atoms with E-state index in [9.17, 15) is 0 Å². The molecule has 1 unspecified atom stereocenters. The predicted octanol–water partition coefficient (Wildman–Crippen LogP) is 3.37. The first-order valence-corrected chi connectivity index (χ1v) is 8.26. The molecule has 1 N–H and O–H groups in total. The van der Waals surface area contributed by atoms with Gasteiger partial charge in [0.15, 0.2) is 0 Å². The average molecular weight is 291 g/mol. The summed E-state index contributed by atoms with van der Waals surface area (Å²) in [7, 11) is 1.65. The third-order valence-electron chi connectivity index (χ3n) is 4.80. The van der Waals surface area contributed by atoms with E-state index in [1.165, 1.54) is 38.5 Å². The van der Waals surface area contributed by atoms with Gasteiger partial charge in [-0.1, -0.05) is 33.1 Å². The second-order valence-electron chi connectivity index (χ2n) is 6.48. The topological polar surface area (TPSA) is 47.0 Å². The monoisotopic (exact) mass is 291 g/mol. The molecule has 21 heavy (non-hydrogen) atoms. The Balaban J connectivity index is 2.11. The Morgan fingerprint density at radius 3 is 2.71 bits per heavy atom. The van der Waals surface area contributed by atoms with Crippen LogP contribution in [0.15, 0.2) is 12.4 Å². The van der Waals surface area contributed by atoms with Gasteiger partial charge < -0.3 is 10.1 Å². The lowest BCUT2D eigenvalue weighted by molar-refractivity contribution is 0.143. The number of rotatable bonds is 7. The third kappa shape index (κ3) is 4.40. The molecular weight excluding hydrogens is 262 g/mol. The Kier molecular flexibility index (Phi) is 5.97. The van der Waals surface area contributed by atoms with Crippen molar-refractivity contribution in [1.82, 2.24) is 15.3 Å². The molecule has 0 spiro atoms. The smallest absolute Gasteiger partial charge is 0.216 e. The molecule has 1 aliphatic rings. The number of ether oxygens (including phenoxy) is 1. The van der Waals surface area contributed by atoms with E-state index in [-0.39, 0.29) is 0 Å². The van der Waals surface area contributed by atoms with Gasteiger partial charge in [-0.2, -0.15) is 0 Å². The van der Waals surface area contributed by atoms with Crippen LogP contribution >= 0.6 is 0 Å². The summed E-state index contributed by atoms with van der Waals surface area (Å²) >= 11 is 0. The standard InChI is InChI=1S/C17H29N3O/c1-4-10-18-15(17(2)8-6-5-7-9-17)11-14-12-16(21-3)20-13-19-14/h12-13,15,18H,4-11H2,1-3H3. The quantitative estimate of drug-likeness (QED) is 0.836. The maximum atomic E-state index is 5.22. The first-order valence-electron chi connectivity index (χ1n) is 8.26. The van der Waals surface area contributed by atoms with Crippen LogP contribution in [-0.4, -0.2) is 29.7 Å². The first kappa shape index (κ1) is 16.2. The fourth-order valence-corrected chi connectivity index (χ4v) is 3.40. The van der Waals surface area contributed by atoms with Gasteiger partial charge in [-0.05, 0) is 31.2 Å². The SMILES string of the molecule is CCCNC(Cc1cc(OC)ncn1)C1(C)CCCCC1. The Morgan fingerprint density at radius 1 is 1.29 bits per heavy atom. The highest BCUT2D eigenvalue weighted by molar-refractivity contribution is 5.15. The fourth-order valence-electron chi connectivity index (χ4n) is 3.40. The molecule has 1 saturated carbocycles. The number of hydrogen-bond acceptors (Lipinski definition) is 4. The largest absolute Gasteiger partial charge is 0.481 e. The van der Waals surface area contributed by atoms with Crippen LogP contribution in [0.5, 0.6) is 5.88 Å². The molecular formula is C17H29N3O. The lowest BCUT2D eigenvalue weighted by Crippen LogP contribution is -2.46. The maximum absolute atomic E-state index is 5.22. The molecule has 0 radical (unpaired) electrons. The zero-order valence-corrected chi connectivity index (χ0v) is 13.7. The van der Waals surface area contributed by atoms with Gasteiger partial charge >= 0.3 is 0 Å². The van der Waals surface area contributed by atoms with Crippen LogP contribution in [0.4, 0.5) is 0 Å². The summed E-state index contributed by atoms with van der Waals surface area (Å²) in [6, 6.07) is 2.45. The minimum atomic E-state index is 0.381. The van der Waals surface area contributed by atoms with Crippen molar-refractivity contribution < 1.29 is 4.74 Å². The number of aromatic nitrogens is 2. The van der Waals surface area contributed by atoms with Crippen molar-refractivity contribution in [2.45, 2.75) is 64.8 Å². The number of nitrogens with one attached hydrogen (secondary N) is 1. The van der Waals surface area contributed by atoms with Gasteiger partial charge in [0.2, 0.25) is 5.88 Å². The Bertz CT molecular complexity index is 430. The highest BCUT2D eigenvalue weighted by atomic mass is 16.5. The molecule has 1 atom stereocenters. The van der Waals surface area contributed by atoms with E-state index in [0.717, 1.165) is 18.7 Å². The van der Waals surface area contributed by atoms with Gasteiger partial charge in [0.1, 0.15) is 6.33 Å². The molecule has 1 heterocycles. The summed E-state index contributed by atoms with van der Waals surface area (Å²) < 4.78 is 5.22. The van der Waals surface area contributed by atoms with Crippen molar-refractivity contribution in [3.63, 3.8) is 0 Å². The van der Waals surface area contributed by atoms with E-state index >= 15 is 0 Å². The van der Waals surface area contributed by atoms with Gasteiger partial charge in [-0.15, -0.1) is 0 Å². The van der Waals surface area contributed by atoms with Crippen molar-refractivity contribution in [2.75, 3.05) is 13.7 Å². The lowest BCUT2D eigenvalue weighted by Gasteiger charge is -2.41. The van der Waals surface area contributed by atoms with Crippen LogP contribution in [0, 0.1) is 5.41 Å². The molecule has 0 bridgehead atoms. The van der Waals surface area contributed by atoms with E-state index in [0.29, 0.717) is 17.3 Å². The lowest BCUT2D eigenvalue weighted by atomic mass is 9.69. The molecule has 118 valence electrons. The fraction of sp³-hybridized carbons (Fsp3) is 0.765. The van der Waals surface area contributed by atoms with E-state index in [2.05, 4.69) is 29.1 Å². The Morgan fingerprint density at radius 2 is 2.05 bits per heavy atom. The zero-order valence-electron chi connectivity index (χ0n) is 13.7. The third-order valence-corrected chi connectivity index (χ3v) is 4.80. The number of hydrogen-bond donors (Lipinski definition) is 1. The van der Waals surface area contributed by atoms with E-state index in [1.54, 1.807) is 13.4 Å². The van der Waals surface area contributed by atoms with Crippen LogP contribution in [0.25, 0.3) is 0 Å². The number of nitrogens with zero attached hydrogens (tertiary/aromatic N) is 2. The van der Waals surface area contributed by atoms with Gasteiger partial charge in [-0.3, -0.25) is 0 Å². The van der Waals surface area contributed by atoms with Crippen LogP contribution in [0.2, 0.25) is 0 Å². The summed E-state index contributed by atoms with van der Waals surface area (Å²) in [5.74, 6) is 0.656. The molecule has 1 aromatic rings. The van der Waals surface area contributed by atoms with Crippen molar-refractivity contribution in [3.8, 4) is 5.88 Å². The van der Waals surface area contributed by atoms with Crippen molar-refractivity contribution in [3.05, 3.63) is 18.1 Å². The van der Waals surface area contributed by atoms with Crippen LogP contribution in [0.3, 0.4) is 0 Å². The summed E-state index contributed by atoms with van der Waals surface area (Å²) in [5, 5.41) is 3.76. The summed E-state index contributed by atoms with van der Waals surface area (Å²) in [6.45, 7) is 5.74. The average Bonchev–Trinajstić information content (AvgIpc) is 2.52. The molecule has 1 aromatic heterocycles. The van der Waals surface area contributed by atoms with Gasteiger partial charge in [0, 0.05) is 24.2 Å². The van der Waals surface area contributed by atoms with Gasteiger partial charge in [-0.25, -0.2) is 9.97 Å². The first-order chi connectivity index (χ1) is 10.2. The Hall–Kier alpha value is -1.16. The highest BCUT2D eigenvalue weighted by Crippen LogP contribution is 2.39. The van der Waals surface area contributed by atoms with Gasteiger partial charge in [0.05, 0.1) is 7.11 Å². The minimum absolute atomic E-state index is 0.381. The molecule has 4 nitrogen and oxygen atoms in total. The molecule has 4 heteroatoms. The molecule has 0 aliphatic heterocycles. The summed E-state index contributed by atoms with van der Waals surface area (Å²) in [6.07, 6.45) is 10.5. The molecule has 1 aliphatic carbocycles. The van der Waals surface area contributed by atoms with Crippen molar-refractivity contribution in [2.24, 2.45) is 5.41 Å². The Labute approximate surface area is 128 Å². The van der Waals surface area contributed by atoms with Crippen LogP contribution < -0.4 is 10.1 Å². The summed E-state index contributed by atoms with van der Waals surface area (Å²) in [5.41, 5.74) is 1.45. The van der Waals surface area contributed by atoms with Crippen molar-refractivity contribution >= 4 is 0 Å². The highest BCUT2D eigenvalue weighted by Gasteiger charge is 2.35. The van der Waals surface area contributed by atoms with Crippen LogP contribution in [-0.2, 0) is 6.42 Å². The zero-order chi connectivity index (χ0) is 15.1. The second-order valence-corrected chi connectivity index (χ2v) is 6.48. The van der Waals surface area contributed by atoms with Crippen LogP contribution in [0.1, 0.15) is 58.1 Å². The molecule has 0 amide bonds. The van der Waals surface area contributed by atoms with E-state index < -0.39 is 0 Å². The normalized spacial score (nSPS) is 19.2. The molecule has 0 saturated heterocycles.